The van der Waals surface area contributed by atoms with E-state index in [4.69, 9.17) is 9.72 Å². The number of ether oxygens (including phenoxy) is 1. The van der Waals surface area contributed by atoms with Gasteiger partial charge < -0.3 is 14.5 Å². The Hall–Kier alpha value is -1.66. The van der Waals surface area contributed by atoms with Gasteiger partial charge in [-0.1, -0.05) is 11.3 Å². The van der Waals surface area contributed by atoms with Crippen LogP contribution < -0.4 is 4.90 Å². The zero-order chi connectivity index (χ0) is 16.5. The largest absolute Gasteiger partial charge is 0.465 e. The zero-order valence-corrected chi connectivity index (χ0v) is 14.8. The van der Waals surface area contributed by atoms with Gasteiger partial charge in [-0.3, -0.25) is 0 Å². The van der Waals surface area contributed by atoms with Crippen molar-refractivity contribution < 1.29 is 9.53 Å². The van der Waals surface area contributed by atoms with E-state index >= 15 is 0 Å². The van der Waals surface area contributed by atoms with Gasteiger partial charge in [0.1, 0.15) is 0 Å². The summed E-state index contributed by atoms with van der Waals surface area (Å²) in [5.41, 5.74) is 1.55. The molecule has 1 aromatic carbocycles. The van der Waals surface area contributed by atoms with Crippen molar-refractivity contribution in [2.75, 3.05) is 44.7 Å². The summed E-state index contributed by atoms with van der Waals surface area (Å²) >= 11 is 1.67. The minimum Gasteiger partial charge on any atom is -0.465 e. The first kappa shape index (κ1) is 15.8. The average Bonchev–Trinajstić information content (AvgIpc) is 3.33. The number of likely N-dealkylation sites (tertiary alicyclic amines) is 1. The van der Waals surface area contributed by atoms with E-state index in [-0.39, 0.29) is 5.97 Å². The van der Waals surface area contributed by atoms with Crippen LogP contribution in [0, 0.1) is 5.92 Å². The van der Waals surface area contributed by atoms with Gasteiger partial charge in [0.05, 0.1) is 22.9 Å². The number of aromatic nitrogens is 1. The van der Waals surface area contributed by atoms with Crippen LogP contribution in [0.5, 0.6) is 0 Å². The number of carbonyl (C=O) groups is 1. The highest BCUT2D eigenvalue weighted by atomic mass is 32.1. The van der Waals surface area contributed by atoms with E-state index < -0.39 is 0 Å². The van der Waals surface area contributed by atoms with Crippen molar-refractivity contribution in [3.05, 3.63) is 23.8 Å². The lowest BCUT2D eigenvalue weighted by atomic mass is 10.1. The van der Waals surface area contributed by atoms with Gasteiger partial charge in [0, 0.05) is 19.6 Å². The van der Waals surface area contributed by atoms with Crippen molar-refractivity contribution >= 4 is 32.7 Å². The zero-order valence-electron chi connectivity index (χ0n) is 14.0. The molecule has 1 atom stereocenters. The normalized spacial score (nSPS) is 21.7. The Bertz CT molecular complexity index is 739. The predicted octanol–water partition coefficient (Wildman–Crippen LogP) is 3.01. The average molecular weight is 345 g/mol. The molecule has 1 unspecified atom stereocenters. The number of hydrogen-bond donors (Lipinski definition) is 0. The van der Waals surface area contributed by atoms with Crippen molar-refractivity contribution in [2.45, 2.75) is 19.3 Å². The number of thiazole rings is 1. The molecule has 2 aliphatic heterocycles. The van der Waals surface area contributed by atoms with Crippen molar-refractivity contribution in [3.63, 3.8) is 0 Å². The molecule has 0 spiro atoms. The summed E-state index contributed by atoms with van der Waals surface area (Å²) in [5, 5.41) is 1.08. The number of rotatable bonds is 4. The third-order valence-corrected chi connectivity index (χ3v) is 6.15. The molecule has 0 saturated carbocycles. The lowest BCUT2D eigenvalue weighted by molar-refractivity contribution is 0.0601. The molecule has 2 aliphatic rings. The molecule has 2 saturated heterocycles. The molecule has 0 N–H and O–H groups in total. The minimum atomic E-state index is -0.293. The number of benzene rings is 1. The van der Waals surface area contributed by atoms with Crippen LogP contribution in [0.3, 0.4) is 0 Å². The van der Waals surface area contributed by atoms with Crippen LogP contribution in [0.2, 0.25) is 0 Å². The number of methoxy groups -OCH3 is 1. The maximum Gasteiger partial charge on any atom is 0.337 e. The van der Waals surface area contributed by atoms with Crippen LogP contribution in [0.25, 0.3) is 10.2 Å². The lowest BCUT2D eigenvalue weighted by Gasteiger charge is -2.20. The van der Waals surface area contributed by atoms with Crippen LogP contribution in [0.15, 0.2) is 18.2 Å². The Labute approximate surface area is 146 Å². The fraction of sp³-hybridized carbons (Fsp3) is 0.556. The molecule has 0 bridgehead atoms. The van der Waals surface area contributed by atoms with Crippen LogP contribution in [0.4, 0.5) is 5.13 Å². The Kier molecular flexibility index (Phi) is 4.41. The van der Waals surface area contributed by atoms with Gasteiger partial charge in [0.25, 0.3) is 0 Å². The third-order valence-electron chi connectivity index (χ3n) is 5.07. The van der Waals surface area contributed by atoms with Gasteiger partial charge in [0.2, 0.25) is 0 Å². The SMILES string of the molecule is COC(=O)c1ccc2nc(N3CCC(CN4CCCC4)C3)sc2c1. The Morgan fingerprint density at radius 1 is 1.33 bits per heavy atom. The topological polar surface area (TPSA) is 45.7 Å². The first-order valence-electron chi connectivity index (χ1n) is 8.69. The summed E-state index contributed by atoms with van der Waals surface area (Å²) in [6, 6.07) is 5.59. The highest BCUT2D eigenvalue weighted by Crippen LogP contribution is 2.33. The molecule has 2 fully saturated rings. The van der Waals surface area contributed by atoms with E-state index in [2.05, 4.69) is 9.80 Å². The van der Waals surface area contributed by atoms with Gasteiger partial charge in [0.15, 0.2) is 5.13 Å². The molecule has 3 heterocycles. The maximum absolute atomic E-state index is 11.7. The van der Waals surface area contributed by atoms with Gasteiger partial charge in [-0.05, 0) is 56.5 Å². The van der Waals surface area contributed by atoms with Crippen LogP contribution >= 0.6 is 11.3 Å². The van der Waals surface area contributed by atoms with Crippen molar-refractivity contribution in [1.82, 2.24) is 9.88 Å². The number of carbonyl (C=O) groups excluding carboxylic acids is 1. The number of anilines is 1. The predicted molar refractivity (Wildman–Crippen MR) is 97.0 cm³/mol. The summed E-state index contributed by atoms with van der Waals surface area (Å²) in [6.07, 6.45) is 3.97. The number of nitrogens with zero attached hydrogens (tertiary/aromatic N) is 3. The Balaban J connectivity index is 1.47. The summed E-state index contributed by atoms with van der Waals surface area (Å²) in [7, 11) is 1.41. The fourth-order valence-corrected chi connectivity index (χ4v) is 4.82. The summed E-state index contributed by atoms with van der Waals surface area (Å²) < 4.78 is 5.85. The number of hydrogen-bond acceptors (Lipinski definition) is 6. The highest BCUT2D eigenvalue weighted by molar-refractivity contribution is 7.22. The van der Waals surface area contributed by atoms with Gasteiger partial charge in [-0.25, -0.2) is 9.78 Å². The van der Waals surface area contributed by atoms with Crippen molar-refractivity contribution in [2.24, 2.45) is 5.92 Å². The molecule has 2 aromatic rings. The van der Waals surface area contributed by atoms with E-state index in [1.165, 1.54) is 46.0 Å². The van der Waals surface area contributed by atoms with E-state index in [9.17, 15) is 4.79 Å². The second kappa shape index (κ2) is 6.69. The molecule has 6 heteroatoms. The van der Waals surface area contributed by atoms with E-state index in [1.54, 1.807) is 17.4 Å². The molecule has 0 amide bonds. The van der Waals surface area contributed by atoms with Crippen LogP contribution in [-0.2, 0) is 4.74 Å². The summed E-state index contributed by atoms with van der Waals surface area (Å²) in [6.45, 7) is 5.96. The molecular weight excluding hydrogens is 322 g/mol. The molecular formula is C18H23N3O2S. The minimum absolute atomic E-state index is 0.293. The van der Waals surface area contributed by atoms with E-state index in [1.807, 2.05) is 12.1 Å². The summed E-state index contributed by atoms with van der Waals surface area (Å²) in [4.78, 5) is 21.5. The standard InChI is InChI=1S/C18H23N3O2S/c1-23-17(22)14-4-5-15-16(10-14)24-18(19-15)21-9-6-13(12-21)11-20-7-2-3-8-20/h4-5,10,13H,2-3,6-9,11-12H2,1H3. The monoisotopic (exact) mass is 345 g/mol. The van der Waals surface area contributed by atoms with Gasteiger partial charge in [-0.15, -0.1) is 0 Å². The fourth-order valence-electron chi connectivity index (χ4n) is 3.78. The third kappa shape index (κ3) is 3.13. The molecule has 4 rings (SSSR count). The van der Waals surface area contributed by atoms with E-state index in [0.29, 0.717) is 5.56 Å². The molecule has 0 radical (unpaired) electrons. The van der Waals surface area contributed by atoms with E-state index in [0.717, 1.165) is 34.4 Å². The quantitative estimate of drug-likeness (QED) is 0.797. The molecule has 128 valence electrons. The van der Waals surface area contributed by atoms with Crippen LogP contribution in [-0.4, -0.2) is 55.7 Å². The molecule has 0 aliphatic carbocycles. The molecule has 24 heavy (non-hydrogen) atoms. The maximum atomic E-state index is 11.7. The number of fused-ring (bicyclic) bond motifs is 1. The summed E-state index contributed by atoms with van der Waals surface area (Å²) in [5.74, 6) is 0.458. The Morgan fingerprint density at radius 3 is 2.96 bits per heavy atom. The van der Waals surface area contributed by atoms with Crippen LogP contribution in [0.1, 0.15) is 29.6 Å². The van der Waals surface area contributed by atoms with Gasteiger partial charge in [-0.2, -0.15) is 0 Å². The smallest absolute Gasteiger partial charge is 0.337 e. The first-order valence-corrected chi connectivity index (χ1v) is 9.51. The van der Waals surface area contributed by atoms with Crippen molar-refractivity contribution in [3.8, 4) is 0 Å². The Morgan fingerprint density at radius 2 is 2.17 bits per heavy atom. The second-order valence-corrected chi connectivity index (χ2v) is 7.79. The number of esters is 1. The molecule has 5 nitrogen and oxygen atoms in total. The highest BCUT2D eigenvalue weighted by Gasteiger charge is 2.27. The first-order chi connectivity index (χ1) is 11.7. The second-order valence-electron chi connectivity index (χ2n) is 6.78. The van der Waals surface area contributed by atoms with Gasteiger partial charge >= 0.3 is 5.97 Å². The lowest BCUT2D eigenvalue weighted by Crippen LogP contribution is -2.28. The van der Waals surface area contributed by atoms with Crippen molar-refractivity contribution in [1.29, 1.82) is 0 Å². The molecule has 1 aromatic heterocycles.